The Hall–Kier alpha value is -2.44. The second-order valence-electron chi connectivity index (χ2n) is 6.48. The number of esters is 1. The van der Waals surface area contributed by atoms with Gasteiger partial charge in [-0.05, 0) is 32.8 Å². The molecule has 0 bridgehead atoms. The number of hydrogen-bond acceptors (Lipinski definition) is 6. The van der Waals surface area contributed by atoms with Crippen LogP contribution >= 0.6 is 0 Å². The highest BCUT2D eigenvalue weighted by atomic mass is 16.5. The Kier molecular flexibility index (Phi) is 5.31. The number of aryl methyl sites for hydroxylation is 2. The van der Waals surface area contributed by atoms with Crippen molar-refractivity contribution in [1.29, 1.82) is 0 Å². The van der Waals surface area contributed by atoms with E-state index in [1.807, 2.05) is 0 Å². The van der Waals surface area contributed by atoms with Gasteiger partial charge in [0, 0.05) is 18.8 Å². The predicted octanol–water partition coefficient (Wildman–Crippen LogP) is 2.79. The molecule has 1 aliphatic heterocycles. The number of ether oxygens (including phenoxy) is 1. The van der Waals surface area contributed by atoms with Gasteiger partial charge in [-0.15, -0.1) is 0 Å². The lowest BCUT2D eigenvalue weighted by Gasteiger charge is -2.24. The van der Waals surface area contributed by atoms with Crippen molar-refractivity contribution in [3.8, 4) is 0 Å². The summed E-state index contributed by atoms with van der Waals surface area (Å²) in [5.74, 6) is -0.693. The molecule has 134 valence electrons. The summed E-state index contributed by atoms with van der Waals surface area (Å²) < 4.78 is 10.4. The summed E-state index contributed by atoms with van der Waals surface area (Å²) in [6, 6.07) is 1.63. The van der Waals surface area contributed by atoms with Gasteiger partial charge in [0.05, 0.1) is 16.6 Å². The van der Waals surface area contributed by atoms with Crippen LogP contribution in [-0.4, -0.2) is 46.6 Å². The van der Waals surface area contributed by atoms with Crippen LogP contribution < -0.4 is 0 Å². The quantitative estimate of drug-likeness (QED) is 0.795. The molecule has 0 N–H and O–H groups in total. The van der Waals surface area contributed by atoms with E-state index < -0.39 is 5.97 Å². The Morgan fingerprint density at radius 2 is 1.84 bits per heavy atom. The van der Waals surface area contributed by atoms with Crippen molar-refractivity contribution >= 4 is 23.0 Å². The first kappa shape index (κ1) is 17.4. The third-order valence-corrected chi connectivity index (χ3v) is 4.50. The maximum absolute atomic E-state index is 12.5. The molecular formula is C18H23N3O4. The first-order chi connectivity index (χ1) is 12.1. The standard InChI is InChI=1S/C18H23N3O4/c1-12-10-14(16-13(2)20-25-17(16)19-12)18(23)24-11-15(22)21-8-6-4-3-5-7-9-21/h10H,3-9,11H2,1-2H3. The van der Waals surface area contributed by atoms with Crippen LogP contribution in [0.1, 0.15) is 53.8 Å². The summed E-state index contributed by atoms with van der Waals surface area (Å²) in [7, 11) is 0. The van der Waals surface area contributed by atoms with Gasteiger partial charge in [-0.1, -0.05) is 24.4 Å². The molecule has 0 aromatic carbocycles. The van der Waals surface area contributed by atoms with E-state index in [0.717, 1.165) is 38.8 Å². The first-order valence-electron chi connectivity index (χ1n) is 8.75. The van der Waals surface area contributed by atoms with Crippen LogP contribution in [0.15, 0.2) is 10.6 Å². The second kappa shape index (κ2) is 7.63. The van der Waals surface area contributed by atoms with Crippen LogP contribution in [-0.2, 0) is 9.53 Å². The molecule has 0 unspecified atom stereocenters. The molecule has 1 saturated heterocycles. The largest absolute Gasteiger partial charge is 0.452 e. The number of fused-ring (bicyclic) bond motifs is 1. The van der Waals surface area contributed by atoms with Crippen molar-refractivity contribution in [2.45, 2.75) is 46.0 Å². The molecule has 1 amide bonds. The van der Waals surface area contributed by atoms with Crippen LogP contribution in [0.5, 0.6) is 0 Å². The van der Waals surface area contributed by atoms with Gasteiger partial charge in [0.15, 0.2) is 6.61 Å². The van der Waals surface area contributed by atoms with Gasteiger partial charge in [-0.3, -0.25) is 4.79 Å². The van der Waals surface area contributed by atoms with E-state index in [9.17, 15) is 9.59 Å². The lowest BCUT2D eigenvalue weighted by molar-refractivity contribution is -0.134. The summed E-state index contributed by atoms with van der Waals surface area (Å²) in [6.07, 6.45) is 5.52. The summed E-state index contributed by atoms with van der Waals surface area (Å²) >= 11 is 0. The fourth-order valence-electron chi connectivity index (χ4n) is 3.17. The number of nitrogens with zero attached hydrogens (tertiary/aromatic N) is 3. The minimum absolute atomic E-state index is 0.140. The zero-order valence-corrected chi connectivity index (χ0v) is 14.7. The highest BCUT2D eigenvalue weighted by molar-refractivity contribution is 6.03. The van der Waals surface area contributed by atoms with E-state index in [2.05, 4.69) is 10.1 Å². The second-order valence-corrected chi connectivity index (χ2v) is 6.48. The maximum Gasteiger partial charge on any atom is 0.339 e. The molecule has 2 aromatic rings. The summed E-state index contributed by atoms with van der Waals surface area (Å²) in [6.45, 7) is 4.73. The molecule has 25 heavy (non-hydrogen) atoms. The Morgan fingerprint density at radius 3 is 2.56 bits per heavy atom. The van der Waals surface area contributed by atoms with Crippen molar-refractivity contribution < 1.29 is 18.8 Å². The minimum Gasteiger partial charge on any atom is -0.452 e. The Morgan fingerprint density at radius 1 is 1.16 bits per heavy atom. The lowest BCUT2D eigenvalue weighted by Crippen LogP contribution is -2.37. The summed E-state index contributed by atoms with van der Waals surface area (Å²) in [4.78, 5) is 30.8. The average molecular weight is 345 g/mol. The van der Waals surface area contributed by atoms with E-state index in [1.54, 1.807) is 24.8 Å². The fourth-order valence-corrected chi connectivity index (χ4v) is 3.17. The first-order valence-corrected chi connectivity index (χ1v) is 8.75. The van der Waals surface area contributed by atoms with Crippen molar-refractivity contribution in [3.63, 3.8) is 0 Å². The number of carbonyl (C=O) groups excluding carboxylic acids is 2. The zero-order valence-electron chi connectivity index (χ0n) is 14.7. The number of likely N-dealkylation sites (tertiary alicyclic amines) is 1. The predicted molar refractivity (Wildman–Crippen MR) is 91.2 cm³/mol. The molecule has 0 saturated carbocycles. The molecule has 3 rings (SSSR count). The minimum atomic E-state index is -0.554. The molecule has 7 nitrogen and oxygen atoms in total. The summed E-state index contributed by atoms with van der Waals surface area (Å²) in [5.41, 5.74) is 1.84. The third-order valence-electron chi connectivity index (χ3n) is 4.50. The SMILES string of the molecule is Cc1cc(C(=O)OCC(=O)N2CCCCCCC2)c2c(C)noc2n1. The van der Waals surface area contributed by atoms with E-state index in [4.69, 9.17) is 9.26 Å². The van der Waals surface area contributed by atoms with Gasteiger partial charge in [0.2, 0.25) is 0 Å². The monoisotopic (exact) mass is 345 g/mol. The number of pyridine rings is 1. The van der Waals surface area contributed by atoms with Crippen LogP contribution in [0.3, 0.4) is 0 Å². The van der Waals surface area contributed by atoms with E-state index >= 15 is 0 Å². The van der Waals surface area contributed by atoms with Gasteiger partial charge in [-0.25, -0.2) is 9.78 Å². The smallest absolute Gasteiger partial charge is 0.339 e. The highest BCUT2D eigenvalue weighted by Crippen LogP contribution is 2.22. The van der Waals surface area contributed by atoms with E-state index in [0.29, 0.717) is 28.1 Å². The molecule has 1 fully saturated rings. The lowest BCUT2D eigenvalue weighted by atomic mass is 10.1. The van der Waals surface area contributed by atoms with E-state index in [-0.39, 0.29) is 12.5 Å². The van der Waals surface area contributed by atoms with Gasteiger partial charge >= 0.3 is 5.97 Å². The maximum atomic E-state index is 12.5. The van der Waals surface area contributed by atoms with Crippen LogP contribution in [0.4, 0.5) is 0 Å². The normalized spacial score (nSPS) is 15.7. The van der Waals surface area contributed by atoms with Crippen LogP contribution in [0.25, 0.3) is 11.1 Å². The molecule has 2 aromatic heterocycles. The van der Waals surface area contributed by atoms with Crippen molar-refractivity contribution in [2.75, 3.05) is 19.7 Å². The highest BCUT2D eigenvalue weighted by Gasteiger charge is 2.21. The Balaban J connectivity index is 1.68. The third kappa shape index (κ3) is 3.97. The van der Waals surface area contributed by atoms with Gasteiger partial charge < -0.3 is 14.2 Å². The van der Waals surface area contributed by atoms with Crippen molar-refractivity contribution in [2.24, 2.45) is 0 Å². The Labute approximate surface area is 146 Å². The summed E-state index contributed by atoms with van der Waals surface area (Å²) in [5, 5.41) is 4.38. The topological polar surface area (TPSA) is 85.5 Å². The molecule has 0 aliphatic carbocycles. The molecule has 1 aliphatic rings. The van der Waals surface area contributed by atoms with Gasteiger partial charge in [0.1, 0.15) is 0 Å². The fraction of sp³-hybridized carbons (Fsp3) is 0.556. The van der Waals surface area contributed by atoms with Crippen molar-refractivity contribution in [1.82, 2.24) is 15.0 Å². The molecule has 0 radical (unpaired) electrons. The molecular weight excluding hydrogens is 322 g/mol. The number of rotatable bonds is 3. The number of aromatic nitrogens is 2. The molecule has 0 spiro atoms. The zero-order chi connectivity index (χ0) is 17.8. The number of amides is 1. The number of hydrogen-bond donors (Lipinski definition) is 0. The molecule has 7 heteroatoms. The van der Waals surface area contributed by atoms with Crippen LogP contribution in [0, 0.1) is 13.8 Å². The molecule has 3 heterocycles. The Bertz CT molecular complexity index is 776. The van der Waals surface area contributed by atoms with Crippen LogP contribution in [0.2, 0.25) is 0 Å². The van der Waals surface area contributed by atoms with Crippen molar-refractivity contribution in [3.05, 3.63) is 23.0 Å². The number of carbonyl (C=O) groups is 2. The van der Waals surface area contributed by atoms with E-state index in [1.165, 1.54) is 6.42 Å². The molecule has 0 atom stereocenters. The van der Waals surface area contributed by atoms with Gasteiger partial charge in [0.25, 0.3) is 11.6 Å². The van der Waals surface area contributed by atoms with Gasteiger partial charge in [-0.2, -0.15) is 0 Å². The average Bonchev–Trinajstić information content (AvgIpc) is 2.92.